The number of hydrogen-bond donors (Lipinski definition) is 0. The lowest BCUT2D eigenvalue weighted by Gasteiger charge is -2.34. The van der Waals surface area contributed by atoms with Gasteiger partial charge in [-0.15, -0.1) is 0 Å². The number of rotatable bonds is 7. The largest absolute Gasteiger partial charge is 0.497 e. The predicted molar refractivity (Wildman–Crippen MR) is 153 cm³/mol. The Kier molecular flexibility index (Phi) is 7.63. The molecular formula is C30H34F3N5O3. The fourth-order valence-electron chi connectivity index (χ4n) is 5.52. The molecule has 0 aliphatic carbocycles. The van der Waals surface area contributed by atoms with Gasteiger partial charge < -0.3 is 24.2 Å². The molecule has 0 unspecified atom stereocenters. The van der Waals surface area contributed by atoms with Crippen molar-refractivity contribution in [2.75, 3.05) is 64.4 Å². The molecule has 0 aromatic heterocycles. The van der Waals surface area contributed by atoms with E-state index in [4.69, 9.17) is 14.6 Å². The van der Waals surface area contributed by atoms with E-state index in [1.165, 1.54) is 30.2 Å². The summed E-state index contributed by atoms with van der Waals surface area (Å²) in [4.78, 5) is 18.2. The van der Waals surface area contributed by atoms with Crippen molar-refractivity contribution in [3.63, 3.8) is 0 Å². The van der Waals surface area contributed by atoms with Gasteiger partial charge in [0.05, 0.1) is 49.1 Å². The van der Waals surface area contributed by atoms with Gasteiger partial charge in [0, 0.05) is 56.6 Å². The van der Waals surface area contributed by atoms with Crippen molar-refractivity contribution >= 4 is 23.0 Å². The third kappa shape index (κ3) is 5.45. The molecular weight excluding hydrogens is 535 g/mol. The van der Waals surface area contributed by atoms with Gasteiger partial charge in [0.15, 0.2) is 0 Å². The minimum absolute atomic E-state index is 0.0628. The first-order chi connectivity index (χ1) is 19.5. The normalized spacial score (nSPS) is 17.2. The van der Waals surface area contributed by atoms with Crippen LogP contribution in [0.4, 0.5) is 24.5 Å². The van der Waals surface area contributed by atoms with E-state index in [0.29, 0.717) is 47.1 Å². The number of alkyl halides is 3. The first-order valence-electron chi connectivity index (χ1n) is 13.5. The molecule has 218 valence electrons. The molecule has 1 amide bonds. The van der Waals surface area contributed by atoms with Crippen LogP contribution in [0.1, 0.15) is 30.4 Å². The number of ether oxygens (including phenoxy) is 2. The third-order valence-electron chi connectivity index (χ3n) is 7.68. The standard InChI is InChI=1S/C30H34F3N5O3/c1-19-29-24(10-13-37(29)18-27(39)35(2)3)28(20-14-22(40-4)17-23(15-20)41-5)34-38(19)26-16-21(36-11-6-7-12-36)8-9-25(26)30(31,32)33/h8-9,14-17H,1,6-7,10-13,18H2,2-5H3. The number of carbonyl (C=O) groups is 1. The number of hydrogen-bond acceptors (Lipinski definition) is 7. The van der Waals surface area contributed by atoms with Gasteiger partial charge in [0.2, 0.25) is 5.91 Å². The van der Waals surface area contributed by atoms with Gasteiger partial charge in [-0.2, -0.15) is 18.3 Å². The van der Waals surface area contributed by atoms with Crippen LogP contribution in [-0.4, -0.2) is 75.9 Å². The highest BCUT2D eigenvalue weighted by atomic mass is 19.4. The van der Waals surface area contributed by atoms with Gasteiger partial charge in [-0.05, 0) is 49.6 Å². The molecule has 1 fully saturated rings. The van der Waals surface area contributed by atoms with E-state index in [9.17, 15) is 18.0 Å². The van der Waals surface area contributed by atoms with Gasteiger partial charge in [-0.1, -0.05) is 6.58 Å². The van der Waals surface area contributed by atoms with Crippen molar-refractivity contribution in [1.82, 2.24) is 9.80 Å². The van der Waals surface area contributed by atoms with Crippen LogP contribution in [-0.2, 0) is 11.0 Å². The zero-order valence-corrected chi connectivity index (χ0v) is 23.7. The molecule has 41 heavy (non-hydrogen) atoms. The average molecular weight is 570 g/mol. The summed E-state index contributed by atoms with van der Waals surface area (Å²) in [5.41, 5.74) is 2.56. The summed E-state index contributed by atoms with van der Waals surface area (Å²) >= 11 is 0. The number of hydrazone groups is 1. The quantitative estimate of drug-likeness (QED) is 0.462. The first-order valence-corrected chi connectivity index (χ1v) is 13.5. The SMILES string of the molecule is C=C1C2=C(CCN2CC(=O)N(C)C)C(c2cc(OC)cc(OC)c2)=NN1c1cc(N2CCCC2)ccc1C(F)(F)F. The summed E-state index contributed by atoms with van der Waals surface area (Å²) in [6.45, 7) is 6.34. The van der Waals surface area contributed by atoms with Crippen LogP contribution < -0.4 is 19.4 Å². The lowest BCUT2D eigenvalue weighted by Crippen LogP contribution is -2.38. The summed E-state index contributed by atoms with van der Waals surface area (Å²) in [5.74, 6) is 0.909. The van der Waals surface area contributed by atoms with Crippen LogP contribution in [0.3, 0.4) is 0 Å². The lowest BCUT2D eigenvalue weighted by molar-refractivity contribution is -0.137. The Hall–Kier alpha value is -4.15. The van der Waals surface area contributed by atoms with E-state index >= 15 is 0 Å². The maximum absolute atomic E-state index is 14.4. The van der Waals surface area contributed by atoms with E-state index < -0.39 is 11.7 Å². The first kappa shape index (κ1) is 28.4. The molecule has 3 heterocycles. The summed E-state index contributed by atoms with van der Waals surface area (Å²) in [7, 11) is 6.41. The second-order valence-corrected chi connectivity index (χ2v) is 10.5. The Labute approximate surface area is 237 Å². The molecule has 1 saturated heterocycles. The minimum atomic E-state index is -4.63. The molecule has 2 aromatic rings. The maximum Gasteiger partial charge on any atom is 0.418 e. The van der Waals surface area contributed by atoms with Crippen LogP contribution in [0.5, 0.6) is 11.5 Å². The lowest BCUT2D eigenvalue weighted by atomic mass is 9.97. The molecule has 0 saturated carbocycles. The number of benzene rings is 2. The van der Waals surface area contributed by atoms with Crippen LogP contribution >= 0.6 is 0 Å². The second-order valence-electron chi connectivity index (χ2n) is 10.5. The summed E-state index contributed by atoms with van der Waals surface area (Å²) in [6.07, 6.45) is -2.12. The number of anilines is 2. The molecule has 8 nitrogen and oxygen atoms in total. The molecule has 0 radical (unpaired) electrons. The highest BCUT2D eigenvalue weighted by Crippen LogP contribution is 2.45. The zero-order valence-electron chi connectivity index (χ0n) is 23.7. The molecule has 3 aliphatic heterocycles. The molecule has 11 heteroatoms. The number of carbonyl (C=O) groups excluding carboxylic acids is 1. The highest BCUT2D eigenvalue weighted by molar-refractivity contribution is 6.15. The van der Waals surface area contributed by atoms with Crippen molar-refractivity contribution in [1.29, 1.82) is 0 Å². The van der Waals surface area contributed by atoms with Crippen LogP contribution in [0.25, 0.3) is 0 Å². The Balaban J connectivity index is 1.70. The summed E-state index contributed by atoms with van der Waals surface area (Å²) in [5, 5.41) is 6.11. The van der Waals surface area contributed by atoms with Gasteiger partial charge >= 0.3 is 6.18 Å². The minimum Gasteiger partial charge on any atom is -0.497 e. The summed E-state index contributed by atoms with van der Waals surface area (Å²) < 4.78 is 54.3. The monoisotopic (exact) mass is 569 g/mol. The summed E-state index contributed by atoms with van der Waals surface area (Å²) in [6, 6.07) is 9.45. The third-order valence-corrected chi connectivity index (χ3v) is 7.68. The van der Waals surface area contributed by atoms with E-state index in [1.54, 1.807) is 38.4 Å². The van der Waals surface area contributed by atoms with Crippen molar-refractivity contribution in [2.45, 2.75) is 25.4 Å². The highest BCUT2D eigenvalue weighted by Gasteiger charge is 2.40. The van der Waals surface area contributed by atoms with Crippen LogP contribution in [0.15, 0.2) is 65.0 Å². The fourth-order valence-corrected chi connectivity index (χ4v) is 5.52. The smallest absolute Gasteiger partial charge is 0.418 e. The molecule has 0 atom stereocenters. The average Bonchev–Trinajstić information content (AvgIpc) is 3.63. The van der Waals surface area contributed by atoms with E-state index in [-0.39, 0.29) is 23.8 Å². The number of likely N-dealkylation sites (N-methyl/N-ethyl adjacent to an activating group) is 1. The van der Waals surface area contributed by atoms with Crippen molar-refractivity contribution in [3.05, 3.63) is 71.1 Å². The number of nitrogens with zero attached hydrogens (tertiary/aromatic N) is 5. The van der Waals surface area contributed by atoms with Crippen molar-refractivity contribution in [2.24, 2.45) is 5.10 Å². The fraction of sp³-hybridized carbons (Fsp3) is 0.400. The van der Waals surface area contributed by atoms with Crippen molar-refractivity contribution in [3.8, 4) is 11.5 Å². The van der Waals surface area contributed by atoms with Gasteiger partial charge in [-0.25, -0.2) is 5.01 Å². The predicted octanol–water partition coefficient (Wildman–Crippen LogP) is 5.11. The topological polar surface area (TPSA) is 60.9 Å². The molecule has 3 aliphatic rings. The number of amides is 1. The van der Waals surface area contributed by atoms with Gasteiger partial charge in [0.25, 0.3) is 0 Å². The number of methoxy groups -OCH3 is 2. The molecule has 0 spiro atoms. The molecule has 2 aromatic carbocycles. The Morgan fingerprint density at radius 2 is 1.68 bits per heavy atom. The molecule has 0 bridgehead atoms. The van der Waals surface area contributed by atoms with Crippen molar-refractivity contribution < 1.29 is 27.4 Å². The van der Waals surface area contributed by atoms with E-state index in [0.717, 1.165) is 37.6 Å². The Bertz CT molecular complexity index is 1400. The van der Waals surface area contributed by atoms with Crippen LogP contribution in [0.2, 0.25) is 0 Å². The zero-order chi connectivity index (χ0) is 29.5. The maximum atomic E-state index is 14.4. The van der Waals surface area contributed by atoms with E-state index in [2.05, 4.69) is 11.5 Å². The molecule has 5 rings (SSSR count). The second kappa shape index (κ2) is 11.0. The molecule has 0 N–H and O–H groups in total. The van der Waals surface area contributed by atoms with E-state index in [1.807, 2.05) is 4.90 Å². The Morgan fingerprint density at radius 1 is 1.02 bits per heavy atom. The number of halogens is 3. The van der Waals surface area contributed by atoms with Crippen LogP contribution in [0, 0.1) is 0 Å². The van der Waals surface area contributed by atoms with Gasteiger partial charge in [-0.3, -0.25) is 4.79 Å². The van der Waals surface area contributed by atoms with Gasteiger partial charge in [0.1, 0.15) is 11.5 Å². The Morgan fingerprint density at radius 3 is 2.27 bits per heavy atom.